The van der Waals surface area contributed by atoms with Crippen molar-refractivity contribution in [2.75, 3.05) is 6.61 Å². The minimum atomic E-state index is -0.918. The maximum absolute atomic E-state index is 11.7. The standard InChI is InChI=1S/C21H23NO5S/c1-13(23)22-17-18(24)19-16(26-21(17)28-15-10-6-3-7-11-15)12-25-20(27-19)14-8-4-2-5-9-14/h2-11,16-21,24H,12H2,1H3,(H,22,23). The Morgan fingerprint density at radius 2 is 1.75 bits per heavy atom. The number of rotatable bonds is 4. The molecule has 2 heterocycles. The lowest BCUT2D eigenvalue weighted by molar-refractivity contribution is -0.306. The van der Waals surface area contributed by atoms with Crippen molar-refractivity contribution in [2.45, 2.75) is 47.9 Å². The normalized spacial score (nSPS) is 32.4. The Kier molecular flexibility index (Phi) is 5.99. The molecule has 0 saturated carbocycles. The minimum Gasteiger partial charge on any atom is -0.388 e. The Bertz CT molecular complexity index is 790. The zero-order chi connectivity index (χ0) is 19.5. The number of aliphatic hydroxyl groups is 1. The van der Waals surface area contributed by atoms with Gasteiger partial charge in [0.05, 0.1) is 12.6 Å². The van der Waals surface area contributed by atoms with E-state index in [0.29, 0.717) is 6.61 Å². The lowest BCUT2D eigenvalue weighted by Crippen LogP contribution is -2.65. The fourth-order valence-electron chi connectivity index (χ4n) is 3.49. The maximum Gasteiger partial charge on any atom is 0.217 e. The first-order valence-electron chi connectivity index (χ1n) is 9.26. The summed E-state index contributed by atoms with van der Waals surface area (Å²) >= 11 is 1.46. The number of fused-ring (bicyclic) bond motifs is 1. The van der Waals surface area contributed by atoms with Crippen LogP contribution in [0.5, 0.6) is 0 Å². The summed E-state index contributed by atoms with van der Waals surface area (Å²) < 4.78 is 18.1. The van der Waals surface area contributed by atoms with Crippen LogP contribution in [0.3, 0.4) is 0 Å². The Labute approximate surface area is 168 Å². The highest BCUT2D eigenvalue weighted by Crippen LogP contribution is 2.38. The highest BCUT2D eigenvalue weighted by molar-refractivity contribution is 7.99. The van der Waals surface area contributed by atoms with Gasteiger partial charge in [-0.1, -0.05) is 60.3 Å². The largest absolute Gasteiger partial charge is 0.388 e. The van der Waals surface area contributed by atoms with Crippen molar-refractivity contribution < 1.29 is 24.1 Å². The molecule has 1 amide bonds. The molecular formula is C21H23NO5S. The van der Waals surface area contributed by atoms with Gasteiger partial charge >= 0.3 is 0 Å². The van der Waals surface area contributed by atoms with Crippen LogP contribution in [-0.2, 0) is 19.0 Å². The molecule has 6 unspecified atom stereocenters. The molecule has 2 aromatic carbocycles. The van der Waals surface area contributed by atoms with Crippen LogP contribution in [-0.4, -0.2) is 47.4 Å². The molecule has 2 aromatic rings. The number of aliphatic hydroxyl groups excluding tert-OH is 1. The van der Waals surface area contributed by atoms with E-state index in [0.717, 1.165) is 10.5 Å². The summed E-state index contributed by atoms with van der Waals surface area (Å²) in [4.78, 5) is 12.7. The van der Waals surface area contributed by atoms with Gasteiger partial charge in [0.1, 0.15) is 23.7 Å². The van der Waals surface area contributed by atoms with Gasteiger partial charge in [0.15, 0.2) is 6.29 Å². The second-order valence-electron chi connectivity index (χ2n) is 6.87. The number of hydrogen-bond donors (Lipinski definition) is 2. The van der Waals surface area contributed by atoms with E-state index in [4.69, 9.17) is 14.2 Å². The van der Waals surface area contributed by atoms with E-state index >= 15 is 0 Å². The second kappa shape index (κ2) is 8.63. The van der Waals surface area contributed by atoms with Crippen molar-refractivity contribution in [1.82, 2.24) is 5.32 Å². The smallest absolute Gasteiger partial charge is 0.217 e. The minimum absolute atomic E-state index is 0.226. The van der Waals surface area contributed by atoms with E-state index in [-0.39, 0.29) is 5.91 Å². The molecule has 2 fully saturated rings. The predicted octanol–water partition coefficient (Wildman–Crippen LogP) is 2.48. The number of benzene rings is 2. The Morgan fingerprint density at radius 3 is 2.43 bits per heavy atom. The summed E-state index contributed by atoms with van der Waals surface area (Å²) in [7, 11) is 0. The van der Waals surface area contributed by atoms with E-state index < -0.39 is 36.1 Å². The maximum atomic E-state index is 11.7. The van der Waals surface area contributed by atoms with Gasteiger partial charge in [0, 0.05) is 17.4 Å². The average molecular weight is 401 g/mol. The van der Waals surface area contributed by atoms with Crippen LogP contribution in [0.2, 0.25) is 0 Å². The van der Waals surface area contributed by atoms with Gasteiger partial charge in [-0.05, 0) is 12.1 Å². The van der Waals surface area contributed by atoms with Crippen molar-refractivity contribution in [3.8, 4) is 0 Å². The zero-order valence-corrected chi connectivity index (χ0v) is 16.2. The molecule has 0 aliphatic carbocycles. The number of carbonyl (C=O) groups excluding carboxylic acids is 1. The molecule has 2 N–H and O–H groups in total. The third kappa shape index (κ3) is 4.24. The van der Waals surface area contributed by atoms with E-state index in [2.05, 4.69) is 5.32 Å². The lowest BCUT2D eigenvalue weighted by atomic mass is 9.96. The molecular weight excluding hydrogens is 378 g/mol. The van der Waals surface area contributed by atoms with Crippen LogP contribution < -0.4 is 5.32 Å². The number of thioether (sulfide) groups is 1. The van der Waals surface area contributed by atoms with E-state index in [1.807, 2.05) is 60.7 Å². The third-order valence-electron chi connectivity index (χ3n) is 4.80. The van der Waals surface area contributed by atoms with Crippen LogP contribution >= 0.6 is 11.8 Å². The summed E-state index contributed by atoms with van der Waals surface area (Å²) in [6.07, 6.45) is -2.50. The van der Waals surface area contributed by atoms with Crippen molar-refractivity contribution in [1.29, 1.82) is 0 Å². The van der Waals surface area contributed by atoms with Crippen LogP contribution in [0.4, 0.5) is 0 Å². The fourth-order valence-corrected chi connectivity index (χ4v) is 4.65. The quantitative estimate of drug-likeness (QED) is 0.820. The SMILES string of the molecule is CC(=O)NC1C(Sc2ccccc2)OC2COC(c3ccccc3)OC2C1O. The number of carbonyl (C=O) groups is 1. The molecule has 4 rings (SSSR count). The predicted molar refractivity (Wildman–Crippen MR) is 105 cm³/mol. The molecule has 6 atom stereocenters. The summed E-state index contributed by atoms with van der Waals surface area (Å²) in [5.74, 6) is -0.226. The first-order chi connectivity index (χ1) is 13.6. The van der Waals surface area contributed by atoms with Gasteiger partial charge in [-0.25, -0.2) is 0 Å². The summed E-state index contributed by atoms with van der Waals surface area (Å²) in [5, 5.41) is 13.9. The van der Waals surface area contributed by atoms with Gasteiger partial charge in [0.2, 0.25) is 5.91 Å². The van der Waals surface area contributed by atoms with Crippen LogP contribution in [0, 0.1) is 0 Å². The number of nitrogens with one attached hydrogen (secondary N) is 1. The molecule has 0 radical (unpaired) electrons. The first-order valence-corrected chi connectivity index (χ1v) is 10.1. The Morgan fingerprint density at radius 1 is 1.07 bits per heavy atom. The topological polar surface area (TPSA) is 77.0 Å². The number of amides is 1. The second-order valence-corrected chi connectivity index (χ2v) is 8.04. The summed E-state index contributed by atoms with van der Waals surface area (Å²) in [6.45, 7) is 1.74. The summed E-state index contributed by atoms with van der Waals surface area (Å²) in [6, 6.07) is 18.7. The molecule has 2 saturated heterocycles. The molecule has 6 nitrogen and oxygen atoms in total. The van der Waals surface area contributed by atoms with Crippen molar-refractivity contribution in [2.24, 2.45) is 0 Å². The molecule has 7 heteroatoms. The Balaban J connectivity index is 1.53. The highest BCUT2D eigenvalue weighted by atomic mass is 32.2. The molecule has 0 spiro atoms. The van der Waals surface area contributed by atoms with Crippen LogP contribution in [0.25, 0.3) is 0 Å². The summed E-state index contributed by atoms with van der Waals surface area (Å²) in [5.41, 5.74) is 0.424. The lowest BCUT2D eigenvalue weighted by Gasteiger charge is -2.47. The van der Waals surface area contributed by atoms with Gasteiger partial charge in [0.25, 0.3) is 0 Å². The van der Waals surface area contributed by atoms with Crippen molar-refractivity contribution in [3.63, 3.8) is 0 Å². The Hall–Kier alpha value is -1.90. The van der Waals surface area contributed by atoms with E-state index in [1.165, 1.54) is 18.7 Å². The van der Waals surface area contributed by atoms with Crippen molar-refractivity contribution in [3.05, 3.63) is 66.2 Å². The molecule has 2 aliphatic heterocycles. The van der Waals surface area contributed by atoms with Crippen LogP contribution in [0.1, 0.15) is 18.8 Å². The molecule has 2 aliphatic rings. The fraction of sp³-hybridized carbons (Fsp3) is 0.381. The average Bonchev–Trinajstić information content (AvgIpc) is 2.72. The first kappa shape index (κ1) is 19.4. The molecule has 0 bridgehead atoms. The van der Waals surface area contributed by atoms with E-state index in [9.17, 15) is 9.90 Å². The van der Waals surface area contributed by atoms with Gasteiger partial charge < -0.3 is 24.6 Å². The molecule has 0 aromatic heterocycles. The third-order valence-corrected chi connectivity index (χ3v) is 5.98. The van der Waals surface area contributed by atoms with Gasteiger partial charge in [-0.3, -0.25) is 4.79 Å². The monoisotopic (exact) mass is 401 g/mol. The van der Waals surface area contributed by atoms with Gasteiger partial charge in [-0.2, -0.15) is 0 Å². The zero-order valence-electron chi connectivity index (χ0n) is 15.4. The van der Waals surface area contributed by atoms with Gasteiger partial charge in [-0.15, -0.1) is 0 Å². The molecule has 148 valence electrons. The van der Waals surface area contributed by atoms with Crippen molar-refractivity contribution >= 4 is 17.7 Å². The van der Waals surface area contributed by atoms with Crippen LogP contribution in [0.15, 0.2) is 65.6 Å². The number of hydrogen-bond acceptors (Lipinski definition) is 6. The van der Waals surface area contributed by atoms with E-state index in [1.54, 1.807) is 0 Å². The number of ether oxygens (including phenoxy) is 3. The highest BCUT2D eigenvalue weighted by Gasteiger charge is 2.49. The molecule has 28 heavy (non-hydrogen) atoms.